The van der Waals surface area contributed by atoms with Crippen molar-refractivity contribution in [3.63, 3.8) is 0 Å². The molecule has 0 saturated heterocycles. The van der Waals surface area contributed by atoms with Gasteiger partial charge in [-0.25, -0.2) is 4.39 Å². The fourth-order valence-electron chi connectivity index (χ4n) is 1.76. The number of hydrogen-bond acceptors (Lipinski definition) is 1. The van der Waals surface area contributed by atoms with Crippen LogP contribution in [0.3, 0.4) is 0 Å². The number of benzene rings is 2. The van der Waals surface area contributed by atoms with E-state index in [0.29, 0.717) is 28.6 Å². The fraction of sp³-hybridized carbons (Fsp3) is 0.133. The highest BCUT2D eigenvalue weighted by molar-refractivity contribution is 6.35. The van der Waals surface area contributed by atoms with E-state index < -0.39 is 0 Å². The maximum atomic E-state index is 12.7. The third kappa shape index (κ3) is 4.51. The summed E-state index contributed by atoms with van der Waals surface area (Å²) < 4.78 is 12.7. The van der Waals surface area contributed by atoms with E-state index in [1.807, 2.05) is 0 Å². The zero-order valence-electron chi connectivity index (χ0n) is 10.5. The van der Waals surface area contributed by atoms with Crippen molar-refractivity contribution in [2.75, 3.05) is 5.32 Å². The topological polar surface area (TPSA) is 29.1 Å². The van der Waals surface area contributed by atoms with Crippen LogP contribution < -0.4 is 5.32 Å². The molecule has 0 aliphatic carbocycles. The normalized spacial score (nSPS) is 10.3. The standard InChI is InChI=1S/C15H12Cl2FNO/c16-11-7-12(17)9-14(8-11)19-15(20)6-3-10-1-4-13(18)5-2-10/h1-2,4-5,7-9H,3,6H2,(H,19,20). The van der Waals surface area contributed by atoms with Crippen LogP contribution in [0.4, 0.5) is 10.1 Å². The van der Waals surface area contributed by atoms with Crippen molar-refractivity contribution in [2.24, 2.45) is 0 Å². The van der Waals surface area contributed by atoms with Crippen LogP contribution in [0.2, 0.25) is 10.0 Å². The predicted molar refractivity (Wildman–Crippen MR) is 79.8 cm³/mol. The number of rotatable bonds is 4. The van der Waals surface area contributed by atoms with E-state index in [4.69, 9.17) is 23.2 Å². The van der Waals surface area contributed by atoms with Crippen molar-refractivity contribution in [3.8, 4) is 0 Å². The van der Waals surface area contributed by atoms with Crippen LogP contribution >= 0.6 is 23.2 Å². The summed E-state index contributed by atoms with van der Waals surface area (Å²) in [7, 11) is 0. The van der Waals surface area contributed by atoms with Gasteiger partial charge in [0.1, 0.15) is 5.82 Å². The number of carbonyl (C=O) groups is 1. The molecule has 2 aromatic rings. The van der Waals surface area contributed by atoms with Crippen LogP contribution in [0.25, 0.3) is 0 Å². The highest BCUT2D eigenvalue weighted by atomic mass is 35.5. The molecule has 20 heavy (non-hydrogen) atoms. The van der Waals surface area contributed by atoms with Gasteiger partial charge in [0.05, 0.1) is 0 Å². The van der Waals surface area contributed by atoms with E-state index in [2.05, 4.69) is 5.32 Å². The predicted octanol–water partition coefficient (Wildman–Crippen LogP) is 4.70. The maximum absolute atomic E-state index is 12.7. The van der Waals surface area contributed by atoms with Crippen molar-refractivity contribution in [3.05, 3.63) is 63.9 Å². The largest absolute Gasteiger partial charge is 0.326 e. The number of carbonyl (C=O) groups excluding carboxylic acids is 1. The van der Waals surface area contributed by atoms with Crippen LogP contribution in [-0.2, 0) is 11.2 Å². The number of amides is 1. The van der Waals surface area contributed by atoms with Gasteiger partial charge in [0.25, 0.3) is 0 Å². The summed E-state index contributed by atoms with van der Waals surface area (Å²) in [4.78, 5) is 11.8. The summed E-state index contributed by atoms with van der Waals surface area (Å²) in [6.45, 7) is 0. The smallest absolute Gasteiger partial charge is 0.224 e. The van der Waals surface area contributed by atoms with E-state index in [9.17, 15) is 9.18 Å². The van der Waals surface area contributed by atoms with Crippen LogP contribution in [0.1, 0.15) is 12.0 Å². The van der Waals surface area contributed by atoms with Crippen LogP contribution in [0.5, 0.6) is 0 Å². The third-order valence-corrected chi connectivity index (χ3v) is 3.14. The van der Waals surface area contributed by atoms with E-state index in [0.717, 1.165) is 5.56 Å². The van der Waals surface area contributed by atoms with Gasteiger partial charge in [0, 0.05) is 22.2 Å². The van der Waals surface area contributed by atoms with Gasteiger partial charge in [-0.3, -0.25) is 4.79 Å². The Bertz CT molecular complexity index is 594. The first-order valence-electron chi connectivity index (χ1n) is 6.03. The molecule has 0 radical (unpaired) electrons. The average molecular weight is 312 g/mol. The van der Waals surface area contributed by atoms with Gasteiger partial charge < -0.3 is 5.32 Å². The molecule has 0 fully saturated rings. The van der Waals surface area contributed by atoms with Crippen molar-refractivity contribution < 1.29 is 9.18 Å². The van der Waals surface area contributed by atoms with Gasteiger partial charge in [-0.2, -0.15) is 0 Å². The number of halogens is 3. The Morgan fingerprint density at radius 3 is 2.25 bits per heavy atom. The number of aryl methyl sites for hydroxylation is 1. The number of anilines is 1. The minimum absolute atomic E-state index is 0.146. The highest BCUT2D eigenvalue weighted by Gasteiger charge is 2.05. The second-order valence-electron chi connectivity index (χ2n) is 4.33. The van der Waals surface area contributed by atoms with E-state index in [1.165, 1.54) is 12.1 Å². The SMILES string of the molecule is O=C(CCc1ccc(F)cc1)Nc1cc(Cl)cc(Cl)c1. The molecule has 1 amide bonds. The molecule has 5 heteroatoms. The van der Waals surface area contributed by atoms with Crippen LogP contribution in [0.15, 0.2) is 42.5 Å². The Labute approximate surface area is 126 Å². The molecule has 0 bridgehead atoms. The molecule has 0 saturated carbocycles. The molecule has 0 atom stereocenters. The number of nitrogens with one attached hydrogen (secondary N) is 1. The Balaban J connectivity index is 1.90. The molecule has 0 aliphatic heterocycles. The second-order valence-corrected chi connectivity index (χ2v) is 5.21. The quantitative estimate of drug-likeness (QED) is 0.871. The molecular weight excluding hydrogens is 300 g/mol. The van der Waals surface area contributed by atoms with E-state index in [-0.39, 0.29) is 11.7 Å². The minimum atomic E-state index is -0.285. The maximum Gasteiger partial charge on any atom is 0.224 e. The van der Waals surface area contributed by atoms with E-state index in [1.54, 1.807) is 30.3 Å². The molecule has 104 valence electrons. The Morgan fingerprint density at radius 1 is 1.05 bits per heavy atom. The molecule has 2 aromatic carbocycles. The van der Waals surface area contributed by atoms with Gasteiger partial charge in [-0.1, -0.05) is 35.3 Å². The Kier molecular flexibility index (Phi) is 4.99. The summed E-state index contributed by atoms with van der Waals surface area (Å²) in [5.41, 5.74) is 1.47. The summed E-state index contributed by atoms with van der Waals surface area (Å²) in [5, 5.41) is 3.65. The highest BCUT2D eigenvalue weighted by Crippen LogP contribution is 2.22. The van der Waals surface area contributed by atoms with Crippen molar-refractivity contribution in [1.82, 2.24) is 0 Å². The summed E-state index contributed by atoms with van der Waals surface area (Å²) >= 11 is 11.7. The lowest BCUT2D eigenvalue weighted by Crippen LogP contribution is -2.12. The van der Waals surface area contributed by atoms with E-state index >= 15 is 0 Å². The molecule has 2 rings (SSSR count). The zero-order valence-corrected chi connectivity index (χ0v) is 12.0. The lowest BCUT2D eigenvalue weighted by Gasteiger charge is -2.06. The van der Waals surface area contributed by atoms with Gasteiger partial charge in [0.2, 0.25) is 5.91 Å². The first-order valence-corrected chi connectivity index (χ1v) is 6.79. The van der Waals surface area contributed by atoms with Gasteiger partial charge >= 0.3 is 0 Å². The summed E-state index contributed by atoms with van der Waals surface area (Å²) in [6, 6.07) is 10.9. The monoisotopic (exact) mass is 311 g/mol. The van der Waals surface area contributed by atoms with Gasteiger partial charge in [-0.05, 0) is 42.3 Å². The summed E-state index contributed by atoms with van der Waals surface area (Å²) in [5.74, 6) is -0.431. The molecule has 0 unspecified atom stereocenters. The molecule has 0 aliphatic rings. The second kappa shape index (κ2) is 6.73. The average Bonchev–Trinajstić information content (AvgIpc) is 2.37. The molecule has 2 nitrogen and oxygen atoms in total. The summed E-state index contributed by atoms with van der Waals surface area (Å²) in [6.07, 6.45) is 0.843. The lowest BCUT2D eigenvalue weighted by atomic mass is 10.1. The van der Waals surface area contributed by atoms with Gasteiger partial charge in [-0.15, -0.1) is 0 Å². The Hall–Kier alpha value is -1.58. The van der Waals surface area contributed by atoms with Crippen LogP contribution in [0, 0.1) is 5.82 Å². The lowest BCUT2D eigenvalue weighted by molar-refractivity contribution is -0.116. The minimum Gasteiger partial charge on any atom is -0.326 e. The number of hydrogen-bond donors (Lipinski definition) is 1. The molecule has 0 spiro atoms. The van der Waals surface area contributed by atoms with Crippen LogP contribution in [-0.4, -0.2) is 5.91 Å². The first-order chi connectivity index (χ1) is 9.52. The Morgan fingerprint density at radius 2 is 1.65 bits per heavy atom. The molecule has 1 N–H and O–H groups in total. The molecular formula is C15H12Cl2FNO. The van der Waals surface area contributed by atoms with Crippen molar-refractivity contribution in [2.45, 2.75) is 12.8 Å². The van der Waals surface area contributed by atoms with Gasteiger partial charge in [0.15, 0.2) is 0 Å². The fourth-order valence-corrected chi connectivity index (χ4v) is 2.28. The zero-order chi connectivity index (χ0) is 14.5. The molecule has 0 aromatic heterocycles. The molecule has 0 heterocycles. The van der Waals surface area contributed by atoms with Crippen molar-refractivity contribution >= 4 is 34.8 Å². The van der Waals surface area contributed by atoms with Crippen molar-refractivity contribution in [1.29, 1.82) is 0 Å². The first kappa shape index (κ1) is 14.8. The third-order valence-electron chi connectivity index (χ3n) is 2.70.